The Morgan fingerprint density at radius 2 is 2.06 bits per heavy atom. The van der Waals surface area contributed by atoms with Gasteiger partial charge in [0.1, 0.15) is 0 Å². The van der Waals surface area contributed by atoms with Gasteiger partial charge in [-0.15, -0.1) is 0 Å². The third-order valence-corrected chi connectivity index (χ3v) is 3.69. The van der Waals surface area contributed by atoms with Crippen LogP contribution in [0.3, 0.4) is 0 Å². The van der Waals surface area contributed by atoms with Crippen LogP contribution in [0.2, 0.25) is 0 Å². The van der Waals surface area contributed by atoms with Gasteiger partial charge >= 0.3 is 0 Å². The molecule has 3 N–H and O–H groups in total. The zero-order valence-electron chi connectivity index (χ0n) is 9.98. The summed E-state index contributed by atoms with van der Waals surface area (Å²) in [6, 6.07) is 8.89. The first-order valence-electron chi connectivity index (χ1n) is 6.08. The van der Waals surface area contributed by atoms with Crippen molar-refractivity contribution in [3.8, 4) is 0 Å². The Bertz CT molecular complexity index is 513. The molecule has 0 saturated carbocycles. The number of nitrogens with zero attached hydrogens (tertiary/aromatic N) is 1. The first-order chi connectivity index (χ1) is 8.24. The maximum Gasteiger partial charge on any atom is 0.0537 e. The van der Waals surface area contributed by atoms with Crippen LogP contribution in [0.15, 0.2) is 30.5 Å². The zero-order valence-corrected chi connectivity index (χ0v) is 9.98. The molecule has 0 fully saturated rings. The van der Waals surface area contributed by atoms with E-state index >= 15 is 0 Å². The molecular weight excluding hydrogens is 210 g/mol. The number of nitrogens with one attached hydrogen (secondary N) is 1. The number of hydrogen-bond donors (Lipinski definition) is 2. The number of benzene rings is 1. The summed E-state index contributed by atoms with van der Waals surface area (Å²) in [5.74, 6) is 0.513. The third kappa shape index (κ3) is 1.87. The fourth-order valence-electron chi connectivity index (χ4n) is 2.66. The molecule has 3 rings (SSSR count). The Balaban J connectivity index is 1.90. The number of H-pyrrole nitrogens is 1. The Kier molecular flexibility index (Phi) is 2.48. The van der Waals surface area contributed by atoms with Crippen molar-refractivity contribution in [2.45, 2.75) is 31.7 Å². The first kappa shape index (κ1) is 10.5. The summed E-state index contributed by atoms with van der Waals surface area (Å²) in [5, 5.41) is 7.16. The number of rotatable bonds is 1. The van der Waals surface area contributed by atoms with Gasteiger partial charge in [0.15, 0.2) is 0 Å². The molecule has 3 heteroatoms. The lowest BCUT2D eigenvalue weighted by molar-refractivity contribution is 0.499. The number of aryl methyl sites for hydroxylation is 1. The Morgan fingerprint density at radius 1 is 1.29 bits per heavy atom. The van der Waals surface area contributed by atoms with Gasteiger partial charge in [-0.2, -0.15) is 5.10 Å². The van der Waals surface area contributed by atoms with E-state index in [9.17, 15) is 0 Å². The van der Waals surface area contributed by atoms with E-state index in [0.717, 1.165) is 12.8 Å². The molecule has 3 nitrogen and oxygen atoms in total. The van der Waals surface area contributed by atoms with Gasteiger partial charge in [-0.1, -0.05) is 29.8 Å². The van der Waals surface area contributed by atoms with Gasteiger partial charge in [-0.05, 0) is 31.2 Å². The molecule has 0 aliphatic heterocycles. The Morgan fingerprint density at radius 3 is 2.82 bits per heavy atom. The van der Waals surface area contributed by atoms with Crippen LogP contribution < -0.4 is 5.73 Å². The van der Waals surface area contributed by atoms with Crippen molar-refractivity contribution in [3.63, 3.8) is 0 Å². The van der Waals surface area contributed by atoms with Crippen molar-refractivity contribution in [1.82, 2.24) is 10.2 Å². The van der Waals surface area contributed by atoms with Gasteiger partial charge in [-0.25, -0.2) is 0 Å². The molecule has 0 amide bonds. The van der Waals surface area contributed by atoms with Crippen LogP contribution >= 0.6 is 0 Å². The lowest BCUT2D eigenvalue weighted by Crippen LogP contribution is -2.22. The lowest BCUT2D eigenvalue weighted by atomic mass is 9.81. The normalized spacial score (nSPS) is 23.4. The number of aromatic nitrogens is 2. The number of hydrogen-bond acceptors (Lipinski definition) is 2. The summed E-state index contributed by atoms with van der Waals surface area (Å²) in [7, 11) is 0. The molecule has 88 valence electrons. The monoisotopic (exact) mass is 227 g/mol. The van der Waals surface area contributed by atoms with E-state index in [1.807, 2.05) is 6.20 Å². The quantitative estimate of drug-likeness (QED) is 0.786. The SMILES string of the molecule is Cc1ccc(C2Cc3[nH]ncc3C(N)C2)cc1. The molecule has 1 aliphatic carbocycles. The van der Waals surface area contributed by atoms with E-state index in [4.69, 9.17) is 5.73 Å². The topological polar surface area (TPSA) is 54.7 Å². The van der Waals surface area contributed by atoms with Gasteiger partial charge in [0.05, 0.1) is 6.20 Å². The molecule has 1 aliphatic rings. The zero-order chi connectivity index (χ0) is 11.8. The number of aromatic amines is 1. The van der Waals surface area contributed by atoms with Crippen molar-refractivity contribution in [1.29, 1.82) is 0 Å². The van der Waals surface area contributed by atoms with Crippen molar-refractivity contribution in [2.24, 2.45) is 5.73 Å². The predicted molar refractivity (Wildman–Crippen MR) is 67.8 cm³/mol. The minimum Gasteiger partial charge on any atom is -0.324 e. The molecule has 1 aromatic carbocycles. The second kappa shape index (κ2) is 4.00. The minimum atomic E-state index is 0.115. The molecule has 17 heavy (non-hydrogen) atoms. The molecule has 0 saturated heterocycles. The summed E-state index contributed by atoms with van der Waals surface area (Å²) in [6.07, 6.45) is 3.90. The van der Waals surface area contributed by atoms with E-state index in [2.05, 4.69) is 41.4 Å². The largest absolute Gasteiger partial charge is 0.324 e. The molecule has 1 aromatic heterocycles. The van der Waals surface area contributed by atoms with Crippen LogP contribution in [0, 0.1) is 6.92 Å². The van der Waals surface area contributed by atoms with Crippen LogP contribution in [0.1, 0.15) is 40.8 Å². The molecule has 2 unspecified atom stereocenters. The molecule has 2 atom stereocenters. The van der Waals surface area contributed by atoms with E-state index in [1.54, 1.807) is 0 Å². The highest BCUT2D eigenvalue weighted by Gasteiger charge is 2.26. The van der Waals surface area contributed by atoms with Gasteiger partial charge < -0.3 is 5.73 Å². The smallest absolute Gasteiger partial charge is 0.0537 e. The third-order valence-electron chi connectivity index (χ3n) is 3.69. The van der Waals surface area contributed by atoms with Crippen LogP contribution in [0.5, 0.6) is 0 Å². The van der Waals surface area contributed by atoms with Gasteiger partial charge in [0.2, 0.25) is 0 Å². The van der Waals surface area contributed by atoms with Crippen LogP contribution in [-0.2, 0) is 6.42 Å². The highest BCUT2D eigenvalue weighted by molar-refractivity contribution is 5.32. The fraction of sp³-hybridized carbons (Fsp3) is 0.357. The number of nitrogens with two attached hydrogens (primary N) is 1. The number of fused-ring (bicyclic) bond motifs is 1. The Hall–Kier alpha value is -1.61. The Labute approximate surface area is 101 Å². The van der Waals surface area contributed by atoms with Crippen LogP contribution in [0.25, 0.3) is 0 Å². The highest BCUT2D eigenvalue weighted by atomic mass is 15.1. The summed E-state index contributed by atoms with van der Waals surface area (Å²) in [5.41, 5.74) is 11.3. The second-order valence-corrected chi connectivity index (χ2v) is 4.96. The van der Waals surface area contributed by atoms with Gasteiger partial charge in [0, 0.05) is 17.3 Å². The second-order valence-electron chi connectivity index (χ2n) is 4.96. The molecule has 1 heterocycles. The maximum absolute atomic E-state index is 6.19. The summed E-state index contributed by atoms with van der Waals surface area (Å²) < 4.78 is 0. The first-order valence-corrected chi connectivity index (χ1v) is 6.08. The van der Waals surface area contributed by atoms with E-state index in [0.29, 0.717) is 5.92 Å². The molecule has 0 spiro atoms. The molecular formula is C14H17N3. The molecule has 0 radical (unpaired) electrons. The van der Waals surface area contributed by atoms with Crippen LogP contribution in [0.4, 0.5) is 0 Å². The predicted octanol–water partition coefficient (Wildman–Crippen LogP) is 2.45. The fourth-order valence-corrected chi connectivity index (χ4v) is 2.66. The van der Waals surface area contributed by atoms with Crippen LogP contribution in [-0.4, -0.2) is 10.2 Å². The highest BCUT2D eigenvalue weighted by Crippen LogP contribution is 2.36. The van der Waals surface area contributed by atoms with Crippen molar-refractivity contribution >= 4 is 0 Å². The van der Waals surface area contributed by atoms with Gasteiger partial charge in [0.25, 0.3) is 0 Å². The molecule has 0 bridgehead atoms. The minimum absolute atomic E-state index is 0.115. The standard InChI is InChI=1S/C14H17N3/c1-9-2-4-10(5-3-9)11-6-13(15)12-8-16-17-14(12)7-11/h2-5,8,11,13H,6-7,15H2,1H3,(H,16,17). The summed E-state index contributed by atoms with van der Waals surface area (Å²) in [6.45, 7) is 2.11. The summed E-state index contributed by atoms with van der Waals surface area (Å²) >= 11 is 0. The van der Waals surface area contributed by atoms with E-state index in [1.165, 1.54) is 22.4 Å². The van der Waals surface area contributed by atoms with E-state index in [-0.39, 0.29) is 6.04 Å². The van der Waals surface area contributed by atoms with Crippen molar-refractivity contribution in [3.05, 3.63) is 52.8 Å². The maximum atomic E-state index is 6.19. The summed E-state index contributed by atoms with van der Waals surface area (Å²) in [4.78, 5) is 0. The van der Waals surface area contributed by atoms with Gasteiger partial charge in [-0.3, -0.25) is 5.10 Å². The average molecular weight is 227 g/mol. The molecule has 2 aromatic rings. The van der Waals surface area contributed by atoms with Crippen molar-refractivity contribution in [2.75, 3.05) is 0 Å². The van der Waals surface area contributed by atoms with E-state index < -0.39 is 0 Å². The van der Waals surface area contributed by atoms with Crippen molar-refractivity contribution < 1.29 is 0 Å². The average Bonchev–Trinajstić information content (AvgIpc) is 2.78. The lowest BCUT2D eigenvalue weighted by Gasteiger charge is -2.26.